The van der Waals surface area contributed by atoms with Gasteiger partial charge in [-0.3, -0.25) is 4.79 Å². The van der Waals surface area contributed by atoms with Gasteiger partial charge in [0.15, 0.2) is 0 Å². The monoisotopic (exact) mass is 227 g/mol. The lowest BCUT2D eigenvalue weighted by atomic mass is 10.3. The lowest BCUT2D eigenvalue weighted by Gasteiger charge is -2.07. The van der Waals surface area contributed by atoms with Crippen LogP contribution in [0.4, 0.5) is 0 Å². The van der Waals surface area contributed by atoms with E-state index >= 15 is 0 Å². The summed E-state index contributed by atoms with van der Waals surface area (Å²) in [5.74, 6) is 0.582. The molecule has 1 N–H and O–H groups in total. The maximum absolute atomic E-state index is 11.1. The molecule has 2 rings (SSSR count). The molecule has 2 aromatic rings. The highest BCUT2D eigenvalue weighted by Gasteiger charge is 2.04. The summed E-state index contributed by atoms with van der Waals surface area (Å²) in [5, 5.41) is 2.70. The highest BCUT2D eigenvalue weighted by atomic mass is 16.1. The van der Waals surface area contributed by atoms with Crippen LogP contribution in [0.1, 0.15) is 5.82 Å². The fourth-order valence-corrected chi connectivity index (χ4v) is 1.53. The molecule has 0 aliphatic carbocycles. The number of imidazole rings is 1. The SMILES string of the molecule is C=CC(=O)NCc1nccn1-c1ccccc1. The first-order valence-corrected chi connectivity index (χ1v) is 5.29. The third-order valence-electron chi connectivity index (χ3n) is 2.36. The van der Waals surface area contributed by atoms with Gasteiger partial charge in [-0.2, -0.15) is 0 Å². The van der Waals surface area contributed by atoms with E-state index in [0.29, 0.717) is 6.54 Å². The van der Waals surface area contributed by atoms with Gasteiger partial charge in [-0.15, -0.1) is 0 Å². The highest BCUT2D eigenvalue weighted by molar-refractivity contribution is 5.86. The molecule has 0 spiro atoms. The molecule has 0 aliphatic rings. The summed E-state index contributed by atoms with van der Waals surface area (Å²) in [7, 11) is 0. The van der Waals surface area contributed by atoms with Crippen LogP contribution >= 0.6 is 0 Å². The number of para-hydroxylation sites is 1. The fraction of sp³-hybridized carbons (Fsp3) is 0.0769. The van der Waals surface area contributed by atoms with Gasteiger partial charge in [-0.05, 0) is 18.2 Å². The van der Waals surface area contributed by atoms with Gasteiger partial charge in [-0.25, -0.2) is 4.98 Å². The molecule has 0 atom stereocenters. The van der Waals surface area contributed by atoms with Gasteiger partial charge in [0.25, 0.3) is 0 Å². The van der Waals surface area contributed by atoms with Crippen molar-refractivity contribution in [3.05, 3.63) is 61.2 Å². The van der Waals surface area contributed by atoms with Crippen LogP contribution in [0.3, 0.4) is 0 Å². The molecule has 0 aliphatic heterocycles. The zero-order valence-corrected chi connectivity index (χ0v) is 9.34. The first-order valence-electron chi connectivity index (χ1n) is 5.29. The van der Waals surface area contributed by atoms with Gasteiger partial charge in [0.1, 0.15) is 5.82 Å². The minimum atomic E-state index is -0.201. The van der Waals surface area contributed by atoms with Gasteiger partial charge in [-0.1, -0.05) is 24.8 Å². The Bertz CT molecular complexity index is 516. The van der Waals surface area contributed by atoms with Crippen LogP contribution in [0, 0.1) is 0 Å². The van der Waals surface area contributed by atoms with Crippen LogP contribution < -0.4 is 5.32 Å². The fourth-order valence-electron chi connectivity index (χ4n) is 1.53. The maximum Gasteiger partial charge on any atom is 0.243 e. The molecule has 1 aromatic heterocycles. The highest BCUT2D eigenvalue weighted by Crippen LogP contribution is 2.09. The van der Waals surface area contributed by atoms with Crippen molar-refractivity contribution in [3.8, 4) is 5.69 Å². The number of nitrogens with zero attached hydrogens (tertiary/aromatic N) is 2. The summed E-state index contributed by atoms with van der Waals surface area (Å²) in [4.78, 5) is 15.3. The Balaban J connectivity index is 2.18. The van der Waals surface area contributed by atoms with Crippen molar-refractivity contribution in [2.24, 2.45) is 0 Å². The molecule has 17 heavy (non-hydrogen) atoms. The summed E-state index contributed by atoms with van der Waals surface area (Å²) < 4.78 is 1.93. The van der Waals surface area contributed by atoms with Crippen molar-refractivity contribution >= 4 is 5.91 Å². The topological polar surface area (TPSA) is 46.9 Å². The number of nitrogens with one attached hydrogen (secondary N) is 1. The van der Waals surface area contributed by atoms with Crippen molar-refractivity contribution in [1.29, 1.82) is 0 Å². The van der Waals surface area contributed by atoms with Crippen molar-refractivity contribution in [3.63, 3.8) is 0 Å². The van der Waals surface area contributed by atoms with Gasteiger partial charge in [0.05, 0.1) is 6.54 Å². The predicted octanol–water partition coefficient (Wildman–Crippen LogP) is 1.67. The lowest BCUT2D eigenvalue weighted by molar-refractivity contribution is -0.116. The molecule has 1 amide bonds. The van der Waals surface area contributed by atoms with Crippen LogP contribution in [-0.4, -0.2) is 15.5 Å². The third-order valence-corrected chi connectivity index (χ3v) is 2.36. The summed E-state index contributed by atoms with van der Waals surface area (Å²) in [6.45, 7) is 3.78. The van der Waals surface area contributed by atoms with E-state index in [1.165, 1.54) is 6.08 Å². The molecule has 0 unspecified atom stereocenters. The molecule has 1 heterocycles. The second-order valence-corrected chi connectivity index (χ2v) is 3.47. The van der Waals surface area contributed by atoms with Gasteiger partial charge in [0, 0.05) is 18.1 Å². The Kier molecular flexibility index (Phi) is 3.35. The maximum atomic E-state index is 11.1. The average Bonchev–Trinajstić information content (AvgIpc) is 2.85. The van der Waals surface area contributed by atoms with Gasteiger partial charge >= 0.3 is 0 Å². The molecule has 86 valence electrons. The molecule has 1 aromatic carbocycles. The molecule has 4 nitrogen and oxygen atoms in total. The van der Waals surface area contributed by atoms with E-state index < -0.39 is 0 Å². The van der Waals surface area contributed by atoms with E-state index in [4.69, 9.17) is 0 Å². The van der Waals surface area contributed by atoms with Crippen LogP contribution in [0.15, 0.2) is 55.4 Å². The van der Waals surface area contributed by atoms with E-state index in [9.17, 15) is 4.79 Å². The van der Waals surface area contributed by atoms with Crippen LogP contribution in [0.2, 0.25) is 0 Å². The van der Waals surface area contributed by atoms with E-state index in [-0.39, 0.29) is 5.91 Å². The summed E-state index contributed by atoms with van der Waals surface area (Å²) >= 11 is 0. The molecule has 0 saturated carbocycles. The third kappa shape index (κ3) is 2.60. The zero-order valence-electron chi connectivity index (χ0n) is 9.34. The van der Waals surface area contributed by atoms with Crippen LogP contribution in [0.5, 0.6) is 0 Å². The predicted molar refractivity (Wildman–Crippen MR) is 65.6 cm³/mol. The zero-order chi connectivity index (χ0) is 12.1. The Hall–Kier alpha value is -2.36. The molecule has 0 saturated heterocycles. The standard InChI is InChI=1S/C13H13N3O/c1-2-13(17)15-10-12-14-8-9-16(12)11-6-4-3-5-7-11/h2-9H,1,10H2,(H,15,17). The van der Waals surface area contributed by atoms with Crippen LogP contribution in [0.25, 0.3) is 5.69 Å². The minimum Gasteiger partial charge on any atom is -0.345 e. The first-order chi connectivity index (χ1) is 8.31. The van der Waals surface area contributed by atoms with E-state index in [1.807, 2.05) is 41.1 Å². The quantitative estimate of drug-likeness (QED) is 0.808. The largest absolute Gasteiger partial charge is 0.345 e. The summed E-state index contributed by atoms with van der Waals surface area (Å²) in [5.41, 5.74) is 1.02. The summed E-state index contributed by atoms with van der Waals surface area (Å²) in [6.07, 6.45) is 4.82. The number of carbonyl (C=O) groups excluding carboxylic acids is 1. The molecular formula is C13H13N3O. The van der Waals surface area contributed by atoms with E-state index in [1.54, 1.807) is 6.20 Å². The normalized spacial score (nSPS) is 9.88. The van der Waals surface area contributed by atoms with Gasteiger partial charge in [0.2, 0.25) is 5.91 Å². The second kappa shape index (κ2) is 5.12. The number of hydrogen-bond donors (Lipinski definition) is 1. The van der Waals surface area contributed by atoms with Gasteiger partial charge < -0.3 is 9.88 Å². The molecule has 4 heteroatoms. The van der Waals surface area contributed by atoms with Crippen molar-refractivity contribution < 1.29 is 4.79 Å². The average molecular weight is 227 g/mol. The van der Waals surface area contributed by atoms with Crippen molar-refractivity contribution in [2.45, 2.75) is 6.54 Å². The van der Waals surface area contributed by atoms with E-state index in [0.717, 1.165) is 11.5 Å². The first kappa shape index (κ1) is 11.1. The lowest BCUT2D eigenvalue weighted by Crippen LogP contribution is -2.22. The molecule has 0 bridgehead atoms. The Labute approximate surface area is 99.6 Å². The number of aromatic nitrogens is 2. The number of benzene rings is 1. The molecular weight excluding hydrogens is 214 g/mol. The summed E-state index contributed by atoms with van der Waals surface area (Å²) in [6, 6.07) is 9.85. The smallest absolute Gasteiger partial charge is 0.243 e. The number of rotatable bonds is 4. The minimum absolute atomic E-state index is 0.201. The molecule has 0 radical (unpaired) electrons. The van der Waals surface area contributed by atoms with E-state index in [2.05, 4.69) is 16.9 Å². The van der Waals surface area contributed by atoms with Crippen molar-refractivity contribution in [1.82, 2.24) is 14.9 Å². The van der Waals surface area contributed by atoms with Crippen LogP contribution in [-0.2, 0) is 11.3 Å². The molecule has 0 fully saturated rings. The second-order valence-electron chi connectivity index (χ2n) is 3.47. The van der Waals surface area contributed by atoms with Crippen molar-refractivity contribution in [2.75, 3.05) is 0 Å². The number of amides is 1. The number of hydrogen-bond acceptors (Lipinski definition) is 2. The Morgan fingerprint density at radius 2 is 2.18 bits per heavy atom. The number of carbonyl (C=O) groups is 1. The Morgan fingerprint density at radius 3 is 2.88 bits per heavy atom. The Morgan fingerprint density at radius 1 is 1.41 bits per heavy atom.